The molecule has 1 aromatic rings. The Labute approximate surface area is 122 Å². The van der Waals surface area contributed by atoms with E-state index in [0.29, 0.717) is 17.9 Å². The van der Waals surface area contributed by atoms with Crippen molar-refractivity contribution < 1.29 is 24.2 Å². The molecule has 1 aliphatic heterocycles. The molecule has 1 aromatic carbocycles. The Hall–Kier alpha value is -2.34. The first-order chi connectivity index (χ1) is 10.1. The Morgan fingerprint density at radius 2 is 2.10 bits per heavy atom. The van der Waals surface area contributed by atoms with Crippen LogP contribution in [0.15, 0.2) is 36.9 Å². The third-order valence-corrected chi connectivity index (χ3v) is 3.20. The van der Waals surface area contributed by atoms with Crippen molar-refractivity contribution >= 4 is 11.9 Å². The predicted octanol–water partition coefficient (Wildman–Crippen LogP) is 1.08. The molecular weight excluding hydrogens is 274 g/mol. The van der Waals surface area contributed by atoms with Crippen molar-refractivity contribution in [2.75, 3.05) is 19.8 Å². The normalized spacial score (nSPS) is 20.8. The van der Waals surface area contributed by atoms with Crippen molar-refractivity contribution in [2.24, 2.45) is 5.92 Å². The Kier molecular flexibility index (Phi) is 4.94. The van der Waals surface area contributed by atoms with Crippen LogP contribution in [0.4, 0.5) is 0 Å². The van der Waals surface area contributed by atoms with E-state index in [4.69, 9.17) is 14.6 Å². The van der Waals surface area contributed by atoms with E-state index in [-0.39, 0.29) is 19.1 Å². The van der Waals surface area contributed by atoms with Gasteiger partial charge in [0.05, 0.1) is 19.3 Å². The Bertz CT molecular complexity index is 525. The summed E-state index contributed by atoms with van der Waals surface area (Å²) in [6, 6.07) is 6.10. The summed E-state index contributed by atoms with van der Waals surface area (Å²) < 4.78 is 10.4. The average Bonchev–Trinajstić information content (AvgIpc) is 2.94. The van der Waals surface area contributed by atoms with Gasteiger partial charge in [-0.3, -0.25) is 9.59 Å². The molecule has 0 saturated carbocycles. The zero-order chi connectivity index (χ0) is 15.2. The first-order valence-electron chi connectivity index (χ1n) is 6.57. The molecule has 2 unspecified atom stereocenters. The predicted molar refractivity (Wildman–Crippen MR) is 75.3 cm³/mol. The molecule has 1 saturated heterocycles. The molecule has 0 spiro atoms. The number of hydrogen-bond donors (Lipinski definition) is 2. The van der Waals surface area contributed by atoms with Crippen LogP contribution in [0.25, 0.3) is 0 Å². The van der Waals surface area contributed by atoms with Gasteiger partial charge in [-0.1, -0.05) is 12.7 Å². The molecule has 1 aliphatic rings. The van der Waals surface area contributed by atoms with Crippen LogP contribution < -0.4 is 10.1 Å². The summed E-state index contributed by atoms with van der Waals surface area (Å²) in [5, 5.41) is 11.7. The van der Waals surface area contributed by atoms with Crippen LogP contribution >= 0.6 is 0 Å². The number of benzene rings is 1. The van der Waals surface area contributed by atoms with Crippen LogP contribution in [0.1, 0.15) is 10.4 Å². The summed E-state index contributed by atoms with van der Waals surface area (Å²) in [6.45, 7) is 4.28. The van der Waals surface area contributed by atoms with Crippen molar-refractivity contribution in [3.05, 3.63) is 42.5 Å². The zero-order valence-electron chi connectivity index (χ0n) is 11.5. The van der Waals surface area contributed by atoms with Crippen molar-refractivity contribution in [3.63, 3.8) is 0 Å². The number of carbonyl (C=O) groups excluding carboxylic acids is 1. The summed E-state index contributed by atoms with van der Waals surface area (Å²) in [7, 11) is 0. The average molecular weight is 291 g/mol. The van der Waals surface area contributed by atoms with Gasteiger partial charge in [0.25, 0.3) is 5.91 Å². The summed E-state index contributed by atoms with van der Waals surface area (Å²) >= 11 is 0. The maximum Gasteiger partial charge on any atom is 0.311 e. The van der Waals surface area contributed by atoms with Gasteiger partial charge in [-0.25, -0.2) is 0 Å². The lowest BCUT2D eigenvalue weighted by Crippen LogP contribution is -2.42. The highest BCUT2D eigenvalue weighted by Crippen LogP contribution is 2.16. The Morgan fingerprint density at radius 3 is 2.71 bits per heavy atom. The van der Waals surface area contributed by atoms with Crippen LogP contribution in [-0.4, -0.2) is 42.8 Å². The second-order valence-corrected chi connectivity index (χ2v) is 4.69. The number of carboxylic acids is 1. The number of hydrogen-bond acceptors (Lipinski definition) is 4. The van der Waals surface area contributed by atoms with Crippen molar-refractivity contribution in [3.8, 4) is 5.75 Å². The van der Waals surface area contributed by atoms with Crippen molar-refractivity contribution in [1.29, 1.82) is 0 Å². The first kappa shape index (κ1) is 15.1. The first-order valence-corrected chi connectivity index (χ1v) is 6.57. The van der Waals surface area contributed by atoms with Gasteiger partial charge >= 0.3 is 5.97 Å². The van der Waals surface area contributed by atoms with Crippen LogP contribution in [0.2, 0.25) is 0 Å². The highest BCUT2D eigenvalue weighted by molar-refractivity contribution is 5.94. The van der Waals surface area contributed by atoms with E-state index in [9.17, 15) is 9.59 Å². The molecule has 0 aromatic heterocycles. The van der Waals surface area contributed by atoms with E-state index in [2.05, 4.69) is 11.9 Å². The number of ether oxygens (including phenoxy) is 2. The summed E-state index contributed by atoms with van der Waals surface area (Å²) in [5.74, 6) is -1.36. The lowest BCUT2D eigenvalue weighted by atomic mass is 10.0. The maximum absolute atomic E-state index is 12.1. The zero-order valence-corrected chi connectivity index (χ0v) is 11.5. The van der Waals surface area contributed by atoms with Gasteiger partial charge in [-0.15, -0.1) is 0 Å². The number of amides is 1. The van der Waals surface area contributed by atoms with E-state index in [0.717, 1.165) is 0 Å². The molecule has 0 bridgehead atoms. The molecule has 1 heterocycles. The second-order valence-electron chi connectivity index (χ2n) is 4.69. The molecule has 0 radical (unpaired) electrons. The fourth-order valence-corrected chi connectivity index (χ4v) is 2.05. The maximum atomic E-state index is 12.1. The molecule has 2 rings (SSSR count). The number of nitrogens with one attached hydrogen (secondary N) is 1. The van der Waals surface area contributed by atoms with Crippen LogP contribution in [-0.2, 0) is 9.53 Å². The summed E-state index contributed by atoms with van der Waals surface area (Å²) in [5.41, 5.74) is 0.442. The summed E-state index contributed by atoms with van der Waals surface area (Å²) in [4.78, 5) is 23.1. The SMILES string of the molecule is C=CCOc1ccc(C(=O)NC2COCC2C(=O)O)cc1. The van der Waals surface area contributed by atoms with Crippen molar-refractivity contribution in [1.82, 2.24) is 5.32 Å². The monoisotopic (exact) mass is 291 g/mol. The highest BCUT2D eigenvalue weighted by atomic mass is 16.5. The van der Waals surface area contributed by atoms with E-state index < -0.39 is 17.9 Å². The molecule has 6 heteroatoms. The molecule has 112 valence electrons. The minimum Gasteiger partial charge on any atom is -0.490 e. The van der Waals surface area contributed by atoms with E-state index >= 15 is 0 Å². The van der Waals surface area contributed by atoms with Gasteiger partial charge in [0.1, 0.15) is 18.3 Å². The minimum atomic E-state index is -0.967. The molecule has 2 N–H and O–H groups in total. The van der Waals surface area contributed by atoms with Crippen LogP contribution in [0.5, 0.6) is 5.75 Å². The number of carbonyl (C=O) groups is 2. The lowest BCUT2D eigenvalue weighted by Gasteiger charge is -2.15. The molecule has 1 fully saturated rings. The van der Waals surface area contributed by atoms with E-state index in [1.165, 1.54) is 0 Å². The molecular formula is C15H17NO5. The standard InChI is InChI=1S/C15H17NO5/c1-2-7-21-11-5-3-10(4-6-11)14(17)16-13-9-20-8-12(13)15(18)19/h2-6,12-13H,1,7-9H2,(H,16,17)(H,18,19). The van der Waals surface area contributed by atoms with Gasteiger partial charge in [-0.2, -0.15) is 0 Å². The number of rotatable bonds is 6. The Balaban J connectivity index is 1.96. The molecule has 0 aliphatic carbocycles. The third-order valence-electron chi connectivity index (χ3n) is 3.20. The van der Waals surface area contributed by atoms with Crippen molar-refractivity contribution in [2.45, 2.75) is 6.04 Å². The van der Waals surface area contributed by atoms with Gasteiger partial charge in [0, 0.05) is 5.56 Å². The van der Waals surface area contributed by atoms with Gasteiger partial charge in [0.2, 0.25) is 0 Å². The lowest BCUT2D eigenvalue weighted by molar-refractivity contribution is -0.142. The van der Waals surface area contributed by atoms with Crippen LogP contribution in [0, 0.1) is 5.92 Å². The number of carboxylic acid groups (broad SMARTS) is 1. The largest absolute Gasteiger partial charge is 0.490 e. The Morgan fingerprint density at radius 1 is 1.38 bits per heavy atom. The smallest absolute Gasteiger partial charge is 0.311 e. The highest BCUT2D eigenvalue weighted by Gasteiger charge is 2.35. The molecule has 21 heavy (non-hydrogen) atoms. The fraction of sp³-hybridized carbons (Fsp3) is 0.333. The second kappa shape index (κ2) is 6.90. The van der Waals surface area contributed by atoms with Gasteiger partial charge < -0.3 is 19.9 Å². The fourth-order valence-electron chi connectivity index (χ4n) is 2.05. The van der Waals surface area contributed by atoms with E-state index in [1.807, 2.05) is 0 Å². The molecule has 6 nitrogen and oxygen atoms in total. The summed E-state index contributed by atoms with van der Waals surface area (Å²) in [6.07, 6.45) is 1.63. The van der Waals surface area contributed by atoms with Gasteiger partial charge in [-0.05, 0) is 24.3 Å². The van der Waals surface area contributed by atoms with Crippen LogP contribution in [0.3, 0.4) is 0 Å². The minimum absolute atomic E-state index is 0.120. The number of aliphatic carboxylic acids is 1. The third kappa shape index (κ3) is 3.82. The quantitative estimate of drug-likeness (QED) is 0.766. The molecule has 1 amide bonds. The molecule has 2 atom stereocenters. The van der Waals surface area contributed by atoms with E-state index in [1.54, 1.807) is 30.3 Å². The topological polar surface area (TPSA) is 84.9 Å². The van der Waals surface area contributed by atoms with Gasteiger partial charge in [0.15, 0.2) is 0 Å².